The molecule has 1 amide bonds. The number of nitrogens with one attached hydrogen (secondary N) is 1. The maximum Gasteiger partial charge on any atom is 0.249 e. The molecule has 1 fully saturated rings. The van der Waals surface area contributed by atoms with Crippen molar-refractivity contribution in [2.75, 3.05) is 32.5 Å². The minimum atomic E-state index is -1.00. The van der Waals surface area contributed by atoms with Crippen molar-refractivity contribution in [3.8, 4) is 5.75 Å². The molecule has 1 unspecified atom stereocenters. The molecule has 8 nitrogen and oxygen atoms in total. The molecule has 10 heteroatoms. The lowest BCUT2D eigenvalue weighted by atomic mass is 9.73. The van der Waals surface area contributed by atoms with E-state index in [1.807, 2.05) is 23.7 Å². The fourth-order valence-electron chi connectivity index (χ4n) is 5.04. The number of piperidine rings is 1. The lowest BCUT2D eigenvalue weighted by Crippen LogP contribution is -2.48. The second-order valence-corrected chi connectivity index (χ2v) is 10.5. The van der Waals surface area contributed by atoms with Crippen LogP contribution in [0.25, 0.3) is 10.9 Å². The van der Waals surface area contributed by atoms with Crippen LogP contribution in [-0.4, -0.2) is 63.6 Å². The van der Waals surface area contributed by atoms with E-state index in [-0.39, 0.29) is 6.42 Å². The number of carbonyl (C=O) groups excluding carboxylic acids is 1. The topological polar surface area (TPSA) is 108 Å². The van der Waals surface area contributed by atoms with E-state index in [9.17, 15) is 19.5 Å². The molecule has 37 heavy (non-hydrogen) atoms. The number of rotatable bonds is 11. The summed E-state index contributed by atoms with van der Waals surface area (Å²) >= 11 is 1.69. The van der Waals surface area contributed by atoms with Gasteiger partial charge in [-0.05, 0) is 74.7 Å². The first-order chi connectivity index (χ1) is 18.0. The zero-order chi connectivity index (χ0) is 26.3. The predicted molar refractivity (Wildman–Crippen MR) is 140 cm³/mol. The van der Waals surface area contributed by atoms with Crippen molar-refractivity contribution in [2.45, 2.75) is 43.5 Å². The van der Waals surface area contributed by atoms with Crippen LogP contribution in [0.4, 0.5) is 4.39 Å². The van der Waals surface area contributed by atoms with Gasteiger partial charge < -0.3 is 14.7 Å². The van der Waals surface area contributed by atoms with Gasteiger partial charge in [0.05, 0.1) is 29.2 Å². The number of aromatic nitrogens is 2. The summed E-state index contributed by atoms with van der Waals surface area (Å²) < 4.78 is 19.2. The third kappa shape index (κ3) is 6.38. The summed E-state index contributed by atoms with van der Waals surface area (Å²) in [4.78, 5) is 23.8. The largest absolute Gasteiger partial charge is 0.497 e. The van der Waals surface area contributed by atoms with E-state index in [1.165, 1.54) is 6.20 Å². The number of pyridine rings is 2. The Morgan fingerprint density at radius 2 is 2.08 bits per heavy atom. The van der Waals surface area contributed by atoms with Crippen LogP contribution in [0.3, 0.4) is 0 Å². The molecule has 3 heterocycles. The maximum atomic E-state index is 13.9. The molecule has 1 atom stereocenters. The van der Waals surface area contributed by atoms with E-state index < -0.39 is 24.1 Å². The fourth-order valence-corrected chi connectivity index (χ4v) is 5.91. The molecular formula is C27H33FN4O4S. The Kier molecular flexibility index (Phi) is 9.31. The van der Waals surface area contributed by atoms with Crippen LogP contribution in [0.15, 0.2) is 53.8 Å². The zero-order valence-electron chi connectivity index (χ0n) is 20.9. The van der Waals surface area contributed by atoms with E-state index in [0.717, 1.165) is 17.3 Å². The monoisotopic (exact) mass is 528 g/mol. The smallest absolute Gasteiger partial charge is 0.249 e. The van der Waals surface area contributed by atoms with Crippen LogP contribution in [0, 0.1) is 5.41 Å². The van der Waals surface area contributed by atoms with Crippen molar-refractivity contribution in [1.82, 2.24) is 20.3 Å². The number of likely N-dealkylation sites (tertiary alicyclic amines) is 1. The molecule has 198 valence electrons. The van der Waals surface area contributed by atoms with E-state index >= 15 is 0 Å². The van der Waals surface area contributed by atoms with Gasteiger partial charge in [0.1, 0.15) is 12.4 Å². The van der Waals surface area contributed by atoms with Crippen molar-refractivity contribution in [3.63, 3.8) is 0 Å². The van der Waals surface area contributed by atoms with Gasteiger partial charge in [-0.1, -0.05) is 6.07 Å². The van der Waals surface area contributed by atoms with Crippen LogP contribution in [0.1, 0.15) is 42.9 Å². The Hall–Kier alpha value is -2.79. The number of amides is 1. The average molecular weight is 529 g/mol. The third-order valence-corrected chi connectivity index (χ3v) is 8.19. The van der Waals surface area contributed by atoms with Crippen molar-refractivity contribution in [2.24, 2.45) is 5.41 Å². The lowest BCUT2D eigenvalue weighted by Gasteiger charge is -2.40. The fraction of sp³-hybridized carbons (Fsp3) is 0.444. The molecule has 3 aromatic rings. The minimum Gasteiger partial charge on any atom is -0.497 e. The van der Waals surface area contributed by atoms with E-state index in [2.05, 4.69) is 14.9 Å². The van der Waals surface area contributed by atoms with E-state index in [4.69, 9.17) is 4.74 Å². The molecule has 0 radical (unpaired) electrons. The van der Waals surface area contributed by atoms with Gasteiger partial charge in [0.2, 0.25) is 5.91 Å². The second kappa shape index (κ2) is 12.6. The van der Waals surface area contributed by atoms with Gasteiger partial charge in [-0.3, -0.25) is 15.0 Å². The average Bonchev–Trinajstić information content (AvgIpc) is 2.95. The first-order valence-electron chi connectivity index (χ1n) is 12.4. The van der Waals surface area contributed by atoms with E-state index in [1.54, 1.807) is 43.3 Å². The molecule has 4 rings (SSSR count). The SMILES string of the molecule is COc1ccc2ncc(CF)c(C(O)CCC3(C(=O)NO)CCN(CCSc4ccccn4)CC3)c2c1. The second-order valence-electron chi connectivity index (χ2n) is 9.35. The number of alkyl halides is 1. The number of aliphatic hydroxyl groups is 1. The Bertz CT molecular complexity index is 1190. The molecule has 2 aromatic heterocycles. The highest BCUT2D eigenvalue weighted by atomic mass is 32.2. The van der Waals surface area contributed by atoms with Gasteiger partial charge in [0, 0.05) is 35.6 Å². The number of ether oxygens (including phenoxy) is 1. The van der Waals surface area contributed by atoms with Crippen LogP contribution < -0.4 is 10.2 Å². The molecular weight excluding hydrogens is 495 g/mol. The molecule has 3 N–H and O–H groups in total. The normalized spacial score (nSPS) is 16.4. The molecule has 1 aromatic carbocycles. The molecule has 1 aliphatic rings. The summed E-state index contributed by atoms with van der Waals surface area (Å²) in [5, 5.41) is 22.3. The van der Waals surface area contributed by atoms with Gasteiger partial charge >= 0.3 is 0 Å². The van der Waals surface area contributed by atoms with Crippen LogP contribution in [0.2, 0.25) is 0 Å². The van der Waals surface area contributed by atoms with Crippen molar-refractivity contribution < 1.29 is 24.2 Å². The van der Waals surface area contributed by atoms with E-state index in [0.29, 0.717) is 60.1 Å². The summed E-state index contributed by atoms with van der Waals surface area (Å²) in [5.41, 5.74) is 2.45. The number of fused-ring (bicyclic) bond motifs is 1. The van der Waals surface area contributed by atoms with Gasteiger partial charge in [-0.15, -0.1) is 11.8 Å². The summed E-state index contributed by atoms with van der Waals surface area (Å²) in [5.74, 6) is 1.04. The standard InChI is InChI=1S/C27H33FN4O4S/c1-36-20-5-6-22-21(16-20)25(19(17-28)18-30-22)23(33)7-8-27(26(34)31-35)9-12-32(13-10-27)14-15-37-24-4-2-3-11-29-24/h2-6,11,16,18,23,33,35H,7-10,12-15,17H2,1H3,(H,31,34). The minimum absolute atomic E-state index is 0.242. The highest BCUT2D eigenvalue weighted by Gasteiger charge is 2.41. The third-order valence-electron chi connectivity index (χ3n) is 7.26. The molecule has 0 bridgehead atoms. The van der Waals surface area contributed by atoms with Crippen molar-refractivity contribution >= 4 is 28.6 Å². The predicted octanol–water partition coefficient (Wildman–Crippen LogP) is 4.30. The number of hydrogen-bond acceptors (Lipinski definition) is 8. The number of nitrogens with zero attached hydrogens (tertiary/aromatic N) is 3. The van der Waals surface area contributed by atoms with Crippen LogP contribution in [0.5, 0.6) is 5.75 Å². The van der Waals surface area contributed by atoms with Gasteiger partial charge in [0.15, 0.2) is 0 Å². The molecule has 0 saturated carbocycles. The van der Waals surface area contributed by atoms with Crippen LogP contribution in [-0.2, 0) is 11.5 Å². The number of carbonyl (C=O) groups is 1. The van der Waals surface area contributed by atoms with Crippen molar-refractivity contribution in [1.29, 1.82) is 0 Å². The summed E-state index contributed by atoms with van der Waals surface area (Å²) in [6, 6.07) is 11.1. The number of thioether (sulfide) groups is 1. The summed E-state index contributed by atoms with van der Waals surface area (Å²) in [6.45, 7) is 1.51. The highest BCUT2D eigenvalue weighted by Crippen LogP contribution is 2.40. The zero-order valence-corrected chi connectivity index (χ0v) is 21.7. The van der Waals surface area contributed by atoms with Gasteiger partial charge in [-0.25, -0.2) is 14.9 Å². The number of halogens is 1. The maximum absolute atomic E-state index is 13.9. The number of methoxy groups -OCH3 is 1. The van der Waals surface area contributed by atoms with Gasteiger partial charge in [-0.2, -0.15) is 0 Å². The number of hydroxylamine groups is 1. The molecule has 1 aliphatic heterocycles. The molecule has 0 aliphatic carbocycles. The first-order valence-corrected chi connectivity index (χ1v) is 13.4. The summed E-state index contributed by atoms with van der Waals surface area (Å²) in [7, 11) is 1.55. The van der Waals surface area contributed by atoms with Gasteiger partial charge in [0.25, 0.3) is 0 Å². The Labute approximate surface area is 220 Å². The Balaban J connectivity index is 1.43. The quantitative estimate of drug-likeness (QED) is 0.192. The number of hydrogen-bond donors (Lipinski definition) is 3. The molecule has 0 spiro atoms. The Morgan fingerprint density at radius 1 is 1.27 bits per heavy atom. The molecule has 1 saturated heterocycles. The number of benzene rings is 1. The van der Waals surface area contributed by atoms with Crippen LogP contribution >= 0.6 is 11.8 Å². The highest BCUT2D eigenvalue weighted by molar-refractivity contribution is 7.99. The summed E-state index contributed by atoms with van der Waals surface area (Å²) in [6.07, 6.45) is 3.94. The van der Waals surface area contributed by atoms with Crippen molar-refractivity contribution in [3.05, 3.63) is 59.9 Å². The number of aliphatic hydroxyl groups excluding tert-OH is 1. The first kappa shape index (κ1) is 27.3. The Morgan fingerprint density at radius 3 is 2.76 bits per heavy atom. The lowest BCUT2D eigenvalue weighted by molar-refractivity contribution is -0.143.